The fourth-order valence-electron chi connectivity index (χ4n) is 6.95. The maximum Gasteiger partial charge on any atom is 0.257 e. The summed E-state index contributed by atoms with van der Waals surface area (Å²) in [5.41, 5.74) is 2.34. The van der Waals surface area contributed by atoms with Gasteiger partial charge in [0.15, 0.2) is 11.4 Å². The van der Waals surface area contributed by atoms with E-state index in [1.54, 1.807) is 44.1 Å². The number of allylic oxidation sites excluding steroid dienone is 1. The zero-order chi connectivity index (χ0) is 29.4. The SMILES string of the molecule is CN(C)c1cc(C(=O)N2CCCC2)c(O)c2c1C[C@H]1C[C@H]3[C@H](N(C)C)C(O)=C(C(N)=O)C(=O)[C@@]3(O)C(O)=C1C2=O. The summed E-state index contributed by atoms with van der Waals surface area (Å²) in [6, 6.07) is 0.503. The standard InChI is InChI=1S/C28H34N4O8/c1-30(2)16-11-14(27(39)32-7-5-6-8-32)21(33)18-13(16)9-12-10-15-20(31(3)4)23(35)19(26(29)38)25(37)28(15,40)24(36)17(12)22(18)34/h11-12,15,20,33,35-36,40H,5-10H2,1-4H3,(H2,29,38)/t12-,15-,20-,28-/m0/s1. The summed E-state index contributed by atoms with van der Waals surface area (Å²) in [7, 11) is 6.66. The van der Waals surface area contributed by atoms with Crippen LogP contribution in [0.4, 0.5) is 5.69 Å². The molecule has 1 aliphatic heterocycles. The van der Waals surface area contributed by atoms with Gasteiger partial charge in [0.2, 0.25) is 5.78 Å². The summed E-state index contributed by atoms with van der Waals surface area (Å²) in [6.07, 6.45) is 1.80. The first kappa shape index (κ1) is 27.7. The van der Waals surface area contributed by atoms with Crippen LogP contribution in [0.2, 0.25) is 0 Å². The monoisotopic (exact) mass is 554 g/mol. The third-order valence-electron chi connectivity index (χ3n) is 8.80. The van der Waals surface area contributed by atoms with Gasteiger partial charge in [-0.3, -0.25) is 24.1 Å². The minimum atomic E-state index is -2.71. The Balaban J connectivity index is 1.72. The predicted molar refractivity (Wildman–Crippen MR) is 143 cm³/mol. The Kier molecular flexibility index (Phi) is 6.46. The van der Waals surface area contributed by atoms with E-state index >= 15 is 0 Å². The molecule has 5 rings (SSSR count). The van der Waals surface area contributed by atoms with Gasteiger partial charge in [-0.25, -0.2) is 0 Å². The number of phenols is 1. The summed E-state index contributed by atoms with van der Waals surface area (Å²) in [6.45, 7) is 1.06. The number of phenolic OH excluding ortho intramolecular Hbond substituents is 1. The number of likely N-dealkylation sites (N-methyl/N-ethyl adjacent to an activating group) is 1. The molecule has 2 amide bonds. The molecular formula is C28H34N4O8. The van der Waals surface area contributed by atoms with E-state index < -0.39 is 69.7 Å². The number of rotatable bonds is 4. The van der Waals surface area contributed by atoms with Crippen LogP contribution in [0.15, 0.2) is 28.7 Å². The fraction of sp³-hybridized carbons (Fsp3) is 0.500. The van der Waals surface area contributed by atoms with Gasteiger partial charge >= 0.3 is 0 Å². The van der Waals surface area contributed by atoms with E-state index in [2.05, 4.69) is 0 Å². The number of anilines is 1. The smallest absolute Gasteiger partial charge is 0.257 e. The number of nitrogens with two attached hydrogens (primary N) is 1. The molecule has 0 spiro atoms. The highest BCUT2D eigenvalue weighted by Gasteiger charge is 2.63. The van der Waals surface area contributed by atoms with E-state index in [0.29, 0.717) is 24.3 Å². The lowest BCUT2D eigenvalue weighted by molar-refractivity contribution is -0.148. The molecule has 1 saturated heterocycles. The number of nitrogens with zero attached hydrogens (tertiary/aromatic N) is 3. The van der Waals surface area contributed by atoms with Gasteiger partial charge in [-0.15, -0.1) is 0 Å². The maximum absolute atomic E-state index is 14.1. The number of fused-ring (bicyclic) bond motifs is 3. The van der Waals surface area contributed by atoms with Crippen molar-refractivity contribution in [1.82, 2.24) is 9.80 Å². The van der Waals surface area contributed by atoms with E-state index in [4.69, 9.17) is 5.73 Å². The lowest BCUT2D eigenvalue weighted by Gasteiger charge is -2.50. The minimum absolute atomic E-state index is 0.00610. The number of likely N-dealkylation sites (tertiary alicyclic amines) is 1. The Bertz CT molecular complexity index is 1420. The second kappa shape index (κ2) is 9.34. The third-order valence-corrected chi connectivity index (χ3v) is 8.80. The van der Waals surface area contributed by atoms with E-state index in [1.165, 1.54) is 4.90 Å². The molecule has 1 aromatic carbocycles. The maximum atomic E-state index is 14.1. The highest BCUT2D eigenvalue weighted by molar-refractivity contribution is 6.25. The molecule has 0 aromatic heterocycles. The van der Waals surface area contributed by atoms with Crippen molar-refractivity contribution in [2.24, 2.45) is 17.6 Å². The summed E-state index contributed by atoms with van der Waals surface area (Å²) in [5.74, 6) is -7.68. The van der Waals surface area contributed by atoms with Gasteiger partial charge in [0.1, 0.15) is 22.8 Å². The number of primary amides is 1. The first-order valence-electron chi connectivity index (χ1n) is 13.2. The van der Waals surface area contributed by atoms with Crippen LogP contribution >= 0.6 is 0 Å². The zero-order valence-electron chi connectivity index (χ0n) is 22.9. The molecule has 4 atom stereocenters. The molecule has 3 aliphatic carbocycles. The van der Waals surface area contributed by atoms with Gasteiger partial charge in [0.25, 0.3) is 11.8 Å². The first-order valence-corrected chi connectivity index (χ1v) is 13.2. The minimum Gasteiger partial charge on any atom is -0.510 e. The summed E-state index contributed by atoms with van der Waals surface area (Å²) < 4.78 is 0. The van der Waals surface area contributed by atoms with Crippen LogP contribution in [0.3, 0.4) is 0 Å². The van der Waals surface area contributed by atoms with Gasteiger partial charge in [0, 0.05) is 44.4 Å². The number of Topliss-reactive ketones (excluding diaryl/α,β-unsaturated/α-hetero) is 2. The van der Waals surface area contributed by atoms with Crippen LogP contribution in [-0.4, -0.2) is 107 Å². The largest absolute Gasteiger partial charge is 0.510 e. The number of hydrogen-bond donors (Lipinski definition) is 5. The summed E-state index contributed by atoms with van der Waals surface area (Å²) in [5, 5.41) is 45.4. The molecule has 0 radical (unpaired) electrons. The van der Waals surface area contributed by atoms with Crippen molar-refractivity contribution in [2.75, 3.05) is 46.2 Å². The zero-order valence-corrected chi connectivity index (χ0v) is 22.9. The quantitative estimate of drug-likeness (QED) is 0.327. The average molecular weight is 555 g/mol. The van der Waals surface area contributed by atoms with Gasteiger partial charge in [-0.1, -0.05) is 0 Å². The van der Waals surface area contributed by atoms with Crippen LogP contribution in [0, 0.1) is 11.8 Å². The van der Waals surface area contributed by atoms with Crippen molar-refractivity contribution in [1.29, 1.82) is 0 Å². The molecule has 1 aromatic rings. The number of aliphatic hydroxyl groups is 3. The molecule has 214 valence electrons. The number of ketones is 2. The van der Waals surface area contributed by atoms with Crippen molar-refractivity contribution in [3.63, 3.8) is 0 Å². The second-order valence-corrected chi connectivity index (χ2v) is 11.5. The molecule has 40 heavy (non-hydrogen) atoms. The van der Waals surface area contributed by atoms with Crippen LogP contribution in [0.1, 0.15) is 45.5 Å². The van der Waals surface area contributed by atoms with Crippen LogP contribution in [-0.2, 0) is 16.0 Å². The Labute approximate surface area is 231 Å². The molecule has 0 unspecified atom stereocenters. The number of aromatic hydroxyl groups is 1. The molecule has 1 heterocycles. The normalized spacial score (nSPS) is 28.1. The van der Waals surface area contributed by atoms with Crippen molar-refractivity contribution in [3.8, 4) is 5.75 Å². The molecule has 0 bridgehead atoms. The molecular weight excluding hydrogens is 520 g/mol. The van der Waals surface area contributed by atoms with E-state index in [9.17, 15) is 39.6 Å². The number of carbonyl (C=O) groups excluding carboxylic acids is 4. The van der Waals surface area contributed by atoms with Crippen molar-refractivity contribution in [2.45, 2.75) is 37.3 Å². The Morgan fingerprint density at radius 2 is 1.70 bits per heavy atom. The number of benzene rings is 1. The number of carbonyl (C=O) groups is 4. The molecule has 0 saturated carbocycles. The number of aliphatic hydroxyl groups excluding tert-OH is 2. The molecule has 12 heteroatoms. The number of hydrogen-bond acceptors (Lipinski definition) is 10. The van der Waals surface area contributed by atoms with E-state index in [0.717, 1.165) is 12.8 Å². The van der Waals surface area contributed by atoms with Crippen molar-refractivity contribution >= 4 is 29.1 Å². The lowest BCUT2D eigenvalue weighted by Crippen LogP contribution is -2.63. The highest BCUT2D eigenvalue weighted by Crippen LogP contribution is 2.53. The summed E-state index contributed by atoms with van der Waals surface area (Å²) >= 11 is 0. The lowest BCUT2D eigenvalue weighted by atomic mass is 9.58. The first-order chi connectivity index (χ1) is 18.7. The molecule has 4 aliphatic rings. The van der Waals surface area contributed by atoms with Gasteiger partial charge < -0.3 is 36.0 Å². The fourth-order valence-corrected chi connectivity index (χ4v) is 6.95. The third kappa shape index (κ3) is 3.66. The van der Waals surface area contributed by atoms with Crippen molar-refractivity contribution < 1.29 is 39.6 Å². The van der Waals surface area contributed by atoms with Gasteiger partial charge in [-0.2, -0.15) is 0 Å². The molecule has 1 fully saturated rings. The number of amides is 2. The van der Waals surface area contributed by atoms with Crippen molar-refractivity contribution in [3.05, 3.63) is 45.4 Å². The van der Waals surface area contributed by atoms with Gasteiger partial charge in [0.05, 0.1) is 17.2 Å². The average Bonchev–Trinajstić information content (AvgIpc) is 3.40. The highest BCUT2D eigenvalue weighted by atomic mass is 16.3. The van der Waals surface area contributed by atoms with E-state index in [1.807, 2.05) is 0 Å². The predicted octanol–water partition coefficient (Wildman–Crippen LogP) is 0.423. The molecule has 12 nitrogen and oxygen atoms in total. The molecule has 6 N–H and O–H groups in total. The Morgan fingerprint density at radius 3 is 2.25 bits per heavy atom. The van der Waals surface area contributed by atoms with Gasteiger partial charge in [-0.05, 0) is 57.3 Å². The topological polar surface area (TPSA) is 185 Å². The Hall–Kier alpha value is -3.90. The summed E-state index contributed by atoms with van der Waals surface area (Å²) in [4.78, 5) is 57.8. The van der Waals surface area contributed by atoms with Crippen LogP contribution in [0.5, 0.6) is 5.75 Å². The Morgan fingerprint density at radius 1 is 1.07 bits per heavy atom. The van der Waals surface area contributed by atoms with E-state index in [-0.39, 0.29) is 29.5 Å². The van der Waals surface area contributed by atoms with Crippen LogP contribution in [0.25, 0.3) is 0 Å². The second-order valence-electron chi connectivity index (χ2n) is 11.5. The van der Waals surface area contributed by atoms with Crippen LogP contribution < -0.4 is 10.6 Å².